The number of esters is 1. The van der Waals surface area contributed by atoms with Crippen molar-refractivity contribution in [1.29, 1.82) is 0 Å². The number of nitrogens with one attached hydrogen (secondary N) is 1. The van der Waals surface area contributed by atoms with Crippen molar-refractivity contribution in [2.45, 2.75) is 26.3 Å². The van der Waals surface area contributed by atoms with Gasteiger partial charge in [-0.05, 0) is 43.2 Å². The molecule has 0 aliphatic carbocycles. The predicted octanol–water partition coefficient (Wildman–Crippen LogP) is 3.55. The molecule has 0 fully saturated rings. The molecule has 2 atom stereocenters. The second kappa shape index (κ2) is 7.95. The Hall–Kier alpha value is -3.35. The number of rotatable bonds is 6. The van der Waals surface area contributed by atoms with E-state index in [0.29, 0.717) is 12.6 Å². The van der Waals surface area contributed by atoms with E-state index in [1.807, 2.05) is 60.0 Å². The standard InChI is InChI=1S/C22H23N3O4/c1-3-13-29-15-11-9-14(10-12-15)19-18(21(27)28-4-2)20(26)24-22-23-16-7-5-6-8-17(16)25(19)22/h5-12,18-19H,3-4,13H2,1-2H3,(H,23,24,26)/t18-,19+/m0/s1. The summed E-state index contributed by atoms with van der Waals surface area (Å²) in [6, 6.07) is 14.5. The highest BCUT2D eigenvalue weighted by Gasteiger charge is 2.44. The first-order valence-electron chi connectivity index (χ1n) is 9.81. The minimum atomic E-state index is -1.01. The lowest BCUT2D eigenvalue weighted by atomic mass is 9.90. The molecule has 1 aliphatic rings. The van der Waals surface area contributed by atoms with Gasteiger partial charge in [0.2, 0.25) is 11.9 Å². The lowest BCUT2D eigenvalue weighted by molar-refractivity contribution is -0.152. The summed E-state index contributed by atoms with van der Waals surface area (Å²) in [5.41, 5.74) is 2.40. The molecule has 1 aromatic heterocycles. The topological polar surface area (TPSA) is 82.4 Å². The molecule has 0 radical (unpaired) electrons. The van der Waals surface area contributed by atoms with Crippen LogP contribution in [-0.4, -0.2) is 34.6 Å². The summed E-state index contributed by atoms with van der Waals surface area (Å²) in [4.78, 5) is 30.1. The van der Waals surface area contributed by atoms with Crippen LogP contribution in [0.2, 0.25) is 0 Å². The first-order valence-corrected chi connectivity index (χ1v) is 9.81. The molecule has 0 unspecified atom stereocenters. The summed E-state index contributed by atoms with van der Waals surface area (Å²) in [7, 11) is 0. The molecule has 2 heterocycles. The van der Waals surface area contributed by atoms with Gasteiger partial charge >= 0.3 is 5.97 Å². The Morgan fingerprint density at radius 1 is 1.14 bits per heavy atom. The van der Waals surface area contributed by atoms with Gasteiger partial charge in [0.05, 0.1) is 30.3 Å². The van der Waals surface area contributed by atoms with E-state index in [1.54, 1.807) is 6.92 Å². The highest BCUT2D eigenvalue weighted by molar-refractivity contribution is 6.07. The van der Waals surface area contributed by atoms with Crippen molar-refractivity contribution in [2.24, 2.45) is 5.92 Å². The molecule has 4 rings (SSSR count). The van der Waals surface area contributed by atoms with E-state index in [-0.39, 0.29) is 6.61 Å². The van der Waals surface area contributed by atoms with Gasteiger partial charge in [0.25, 0.3) is 0 Å². The number of nitrogens with zero attached hydrogens (tertiary/aromatic N) is 2. The van der Waals surface area contributed by atoms with Crippen LogP contribution in [0, 0.1) is 5.92 Å². The van der Waals surface area contributed by atoms with Crippen LogP contribution in [0.1, 0.15) is 31.9 Å². The van der Waals surface area contributed by atoms with Crippen LogP contribution >= 0.6 is 0 Å². The van der Waals surface area contributed by atoms with Gasteiger partial charge in [0, 0.05) is 0 Å². The quantitative estimate of drug-likeness (QED) is 0.512. The number of ether oxygens (including phenoxy) is 2. The molecular weight excluding hydrogens is 370 g/mol. The number of para-hydroxylation sites is 2. The molecule has 3 aromatic rings. The molecule has 0 spiro atoms. The molecule has 2 aromatic carbocycles. The summed E-state index contributed by atoms with van der Waals surface area (Å²) in [5.74, 6) is -0.804. The number of fused-ring (bicyclic) bond motifs is 3. The number of carbonyl (C=O) groups excluding carboxylic acids is 2. The van der Waals surface area contributed by atoms with Crippen LogP contribution in [-0.2, 0) is 14.3 Å². The number of carbonyl (C=O) groups is 2. The van der Waals surface area contributed by atoms with Crippen LogP contribution in [0.25, 0.3) is 11.0 Å². The third-order valence-corrected chi connectivity index (χ3v) is 4.94. The van der Waals surface area contributed by atoms with Crippen LogP contribution < -0.4 is 10.1 Å². The number of anilines is 1. The average Bonchev–Trinajstić information content (AvgIpc) is 3.09. The molecule has 150 valence electrons. The van der Waals surface area contributed by atoms with Gasteiger partial charge in [-0.15, -0.1) is 0 Å². The average molecular weight is 393 g/mol. The van der Waals surface area contributed by atoms with E-state index < -0.39 is 23.8 Å². The Bertz CT molecular complexity index is 1040. The zero-order chi connectivity index (χ0) is 20.4. The Morgan fingerprint density at radius 2 is 1.90 bits per heavy atom. The second-order valence-corrected chi connectivity index (χ2v) is 6.88. The van der Waals surface area contributed by atoms with Crippen molar-refractivity contribution >= 4 is 28.9 Å². The molecule has 0 saturated carbocycles. The smallest absolute Gasteiger partial charge is 0.321 e. The van der Waals surface area contributed by atoms with Crippen molar-refractivity contribution in [1.82, 2.24) is 9.55 Å². The summed E-state index contributed by atoms with van der Waals surface area (Å²) >= 11 is 0. The fourth-order valence-electron chi connectivity index (χ4n) is 3.69. The van der Waals surface area contributed by atoms with Gasteiger partial charge in [-0.1, -0.05) is 31.2 Å². The first-order chi connectivity index (χ1) is 14.1. The van der Waals surface area contributed by atoms with Crippen molar-refractivity contribution < 1.29 is 19.1 Å². The van der Waals surface area contributed by atoms with E-state index in [4.69, 9.17) is 9.47 Å². The van der Waals surface area contributed by atoms with Gasteiger partial charge in [-0.3, -0.25) is 14.9 Å². The molecular formula is C22H23N3O4. The largest absolute Gasteiger partial charge is 0.494 e. The number of hydrogen-bond acceptors (Lipinski definition) is 5. The van der Waals surface area contributed by atoms with Gasteiger partial charge in [0.15, 0.2) is 5.92 Å². The fraction of sp³-hybridized carbons (Fsp3) is 0.318. The highest BCUT2D eigenvalue weighted by Crippen LogP contribution is 2.39. The molecule has 7 heteroatoms. The third-order valence-electron chi connectivity index (χ3n) is 4.94. The maximum atomic E-state index is 12.9. The minimum absolute atomic E-state index is 0.205. The number of amides is 1. The molecule has 1 aliphatic heterocycles. The molecule has 0 saturated heterocycles. The van der Waals surface area contributed by atoms with E-state index in [1.165, 1.54) is 0 Å². The zero-order valence-electron chi connectivity index (χ0n) is 16.4. The maximum Gasteiger partial charge on any atom is 0.321 e. The number of imidazole rings is 1. The maximum absolute atomic E-state index is 12.9. The first kappa shape index (κ1) is 19.0. The van der Waals surface area contributed by atoms with Crippen molar-refractivity contribution in [3.63, 3.8) is 0 Å². The molecule has 7 nitrogen and oxygen atoms in total. The SMILES string of the molecule is CCCOc1ccc([C@@H]2[C@H](C(=O)OCC)C(=O)Nc3nc4ccccc4n32)cc1. The van der Waals surface area contributed by atoms with E-state index in [2.05, 4.69) is 10.3 Å². The lowest BCUT2D eigenvalue weighted by Gasteiger charge is -2.32. The van der Waals surface area contributed by atoms with Gasteiger partial charge < -0.3 is 14.0 Å². The van der Waals surface area contributed by atoms with E-state index in [9.17, 15) is 9.59 Å². The number of hydrogen-bond donors (Lipinski definition) is 1. The summed E-state index contributed by atoms with van der Waals surface area (Å²) in [6.45, 7) is 4.61. The Morgan fingerprint density at radius 3 is 2.62 bits per heavy atom. The molecule has 0 bridgehead atoms. The highest BCUT2D eigenvalue weighted by atomic mass is 16.5. The number of aromatic nitrogens is 2. The van der Waals surface area contributed by atoms with E-state index >= 15 is 0 Å². The van der Waals surface area contributed by atoms with Crippen LogP contribution in [0.5, 0.6) is 5.75 Å². The monoisotopic (exact) mass is 393 g/mol. The summed E-state index contributed by atoms with van der Waals surface area (Å²) in [5, 5.41) is 2.77. The fourth-order valence-corrected chi connectivity index (χ4v) is 3.69. The predicted molar refractivity (Wildman–Crippen MR) is 109 cm³/mol. The minimum Gasteiger partial charge on any atom is -0.494 e. The zero-order valence-corrected chi connectivity index (χ0v) is 16.4. The van der Waals surface area contributed by atoms with Gasteiger partial charge in [0.1, 0.15) is 5.75 Å². The second-order valence-electron chi connectivity index (χ2n) is 6.88. The Kier molecular flexibility index (Phi) is 5.20. The van der Waals surface area contributed by atoms with Gasteiger partial charge in [-0.2, -0.15) is 0 Å². The molecule has 29 heavy (non-hydrogen) atoms. The molecule has 1 N–H and O–H groups in total. The van der Waals surface area contributed by atoms with E-state index in [0.717, 1.165) is 28.8 Å². The third kappa shape index (κ3) is 3.44. The summed E-state index contributed by atoms with van der Waals surface area (Å²) < 4.78 is 12.8. The van der Waals surface area contributed by atoms with Crippen molar-refractivity contribution in [3.05, 3.63) is 54.1 Å². The van der Waals surface area contributed by atoms with Crippen molar-refractivity contribution in [2.75, 3.05) is 18.5 Å². The van der Waals surface area contributed by atoms with Gasteiger partial charge in [-0.25, -0.2) is 4.98 Å². The number of benzene rings is 2. The van der Waals surface area contributed by atoms with Crippen LogP contribution in [0.4, 0.5) is 5.95 Å². The van der Waals surface area contributed by atoms with Crippen LogP contribution in [0.15, 0.2) is 48.5 Å². The van der Waals surface area contributed by atoms with Crippen molar-refractivity contribution in [3.8, 4) is 5.75 Å². The Balaban J connectivity index is 1.84. The van der Waals surface area contributed by atoms with Crippen LogP contribution in [0.3, 0.4) is 0 Å². The lowest BCUT2D eigenvalue weighted by Crippen LogP contribution is -2.43. The summed E-state index contributed by atoms with van der Waals surface area (Å²) in [6.07, 6.45) is 0.917. The normalized spacial score (nSPS) is 18.2. The molecule has 1 amide bonds. The Labute approximate surface area is 168 Å².